The highest BCUT2D eigenvalue weighted by molar-refractivity contribution is 7.78. The summed E-state index contributed by atoms with van der Waals surface area (Å²) in [4.78, 5) is 4.48. The Hall–Kier alpha value is -0.770. The van der Waals surface area contributed by atoms with Crippen LogP contribution in [0.2, 0.25) is 0 Å². The van der Waals surface area contributed by atoms with E-state index >= 15 is 0 Å². The summed E-state index contributed by atoms with van der Waals surface area (Å²) in [7, 11) is 0. The zero-order valence-corrected chi connectivity index (χ0v) is 9.41. The molecule has 0 amide bonds. The molecule has 0 spiro atoms. The molecule has 0 bridgehead atoms. The van der Waals surface area contributed by atoms with Gasteiger partial charge in [0.1, 0.15) is 0 Å². The molecule has 0 saturated carbocycles. The highest BCUT2D eigenvalue weighted by Crippen LogP contribution is 2.19. The molecule has 0 aromatic carbocycles. The highest BCUT2D eigenvalue weighted by Gasteiger charge is 2.15. The van der Waals surface area contributed by atoms with E-state index in [0.29, 0.717) is 12.0 Å². The normalized spacial score (nSPS) is 26.8. The van der Waals surface area contributed by atoms with E-state index in [1.807, 2.05) is 12.4 Å². The molecule has 1 aliphatic rings. The smallest absolute Gasteiger partial charge is 0.0725 e. The van der Waals surface area contributed by atoms with Gasteiger partial charge in [-0.2, -0.15) is 5.10 Å². The van der Waals surface area contributed by atoms with E-state index in [2.05, 4.69) is 36.8 Å². The van der Waals surface area contributed by atoms with Gasteiger partial charge in [-0.3, -0.25) is 4.99 Å². The SMILES string of the molecule is CC1Cc2nn(S)cc2C=NC(C)C1. The summed E-state index contributed by atoms with van der Waals surface area (Å²) in [5.74, 6) is 0.643. The fraction of sp³-hybridized carbons (Fsp3) is 0.600. The molecule has 2 rings (SSSR count). The zero-order chi connectivity index (χ0) is 10.1. The number of hydrogen-bond acceptors (Lipinski definition) is 3. The molecule has 2 atom stereocenters. The van der Waals surface area contributed by atoms with Gasteiger partial charge >= 0.3 is 0 Å². The average Bonchev–Trinajstić information content (AvgIpc) is 2.40. The summed E-state index contributed by atoms with van der Waals surface area (Å²) < 4.78 is 1.57. The molecule has 3 nitrogen and oxygen atoms in total. The highest BCUT2D eigenvalue weighted by atomic mass is 32.1. The molecule has 1 aromatic rings. The minimum Gasteiger partial charge on any atom is -0.289 e. The van der Waals surface area contributed by atoms with E-state index in [0.717, 1.165) is 24.1 Å². The van der Waals surface area contributed by atoms with Crippen molar-refractivity contribution in [2.75, 3.05) is 0 Å². The monoisotopic (exact) mass is 209 g/mol. The van der Waals surface area contributed by atoms with E-state index in [9.17, 15) is 0 Å². The molecule has 2 heterocycles. The van der Waals surface area contributed by atoms with Gasteiger partial charge in [0.25, 0.3) is 0 Å². The number of thiol groups is 1. The van der Waals surface area contributed by atoms with Gasteiger partial charge in [0.2, 0.25) is 0 Å². The topological polar surface area (TPSA) is 30.2 Å². The Balaban J connectivity index is 2.35. The lowest BCUT2D eigenvalue weighted by atomic mass is 9.95. The molecular formula is C10H15N3S. The number of nitrogens with zero attached hydrogens (tertiary/aromatic N) is 3. The van der Waals surface area contributed by atoms with Gasteiger partial charge in [0.15, 0.2) is 0 Å². The molecule has 14 heavy (non-hydrogen) atoms. The Morgan fingerprint density at radius 3 is 3.07 bits per heavy atom. The third kappa shape index (κ3) is 2.00. The molecule has 1 aromatic heterocycles. The van der Waals surface area contributed by atoms with Gasteiger partial charge in [0.05, 0.1) is 5.69 Å². The first-order chi connectivity index (χ1) is 6.65. The summed E-state index contributed by atoms with van der Waals surface area (Å²) >= 11 is 4.18. The number of aliphatic imine (C=N–C) groups is 1. The summed E-state index contributed by atoms with van der Waals surface area (Å²) in [5, 5.41) is 4.32. The quantitative estimate of drug-likeness (QED) is 0.650. The zero-order valence-electron chi connectivity index (χ0n) is 8.51. The van der Waals surface area contributed by atoms with Gasteiger partial charge in [-0.15, -0.1) is 0 Å². The van der Waals surface area contributed by atoms with E-state index in [1.165, 1.54) is 0 Å². The lowest BCUT2D eigenvalue weighted by Crippen LogP contribution is -2.12. The summed E-state index contributed by atoms with van der Waals surface area (Å²) in [6.45, 7) is 4.40. The predicted octanol–water partition coefficient (Wildman–Crippen LogP) is 1.97. The molecule has 0 N–H and O–H groups in total. The van der Waals surface area contributed by atoms with Crippen molar-refractivity contribution < 1.29 is 0 Å². The van der Waals surface area contributed by atoms with Crippen LogP contribution >= 0.6 is 12.8 Å². The lowest BCUT2D eigenvalue weighted by Gasteiger charge is -2.15. The maximum Gasteiger partial charge on any atom is 0.0725 e. The van der Waals surface area contributed by atoms with Crippen molar-refractivity contribution in [3.05, 3.63) is 17.5 Å². The summed E-state index contributed by atoms with van der Waals surface area (Å²) in [6.07, 6.45) is 5.99. The molecule has 4 heteroatoms. The molecule has 76 valence electrons. The van der Waals surface area contributed by atoms with Crippen molar-refractivity contribution in [3.63, 3.8) is 0 Å². The van der Waals surface area contributed by atoms with Crippen molar-refractivity contribution in [1.29, 1.82) is 0 Å². The molecular weight excluding hydrogens is 194 g/mol. The Kier molecular flexibility index (Phi) is 2.63. The van der Waals surface area contributed by atoms with Crippen LogP contribution in [-0.2, 0) is 6.42 Å². The van der Waals surface area contributed by atoms with E-state index in [1.54, 1.807) is 4.09 Å². The molecule has 1 aliphatic heterocycles. The fourth-order valence-corrected chi connectivity index (χ4v) is 2.17. The number of hydrogen-bond donors (Lipinski definition) is 1. The maximum atomic E-state index is 4.48. The first kappa shape index (κ1) is 9.77. The van der Waals surface area contributed by atoms with E-state index < -0.39 is 0 Å². The van der Waals surface area contributed by atoms with Crippen LogP contribution in [-0.4, -0.2) is 21.4 Å². The first-order valence-corrected chi connectivity index (χ1v) is 5.36. The second-order valence-electron chi connectivity index (χ2n) is 4.12. The van der Waals surface area contributed by atoms with Crippen LogP contribution in [0, 0.1) is 5.92 Å². The van der Waals surface area contributed by atoms with Crippen LogP contribution in [0.15, 0.2) is 11.2 Å². The lowest BCUT2D eigenvalue weighted by molar-refractivity contribution is 0.474. The van der Waals surface area contributed by atoms with E-state index in [4.69, 9.17) is 0 Å². The van der Waals surface area contributed by atoms with Gasteiger partial charge in [-0.1, -0.05) is 6.92 Å². The van der Waals surface area contributed by atoms with Gasteiger partial charge in [-0.25, -0.2) is 4.09 Å². The van der Waals surface area contributed by atoms with Crippen LogP contribution in [0.25, 0.3) is 0 Å². The van der Waals surface area contributed by atoms with Crippen LogP contribution in [0.4, 0.5) is 0 Å². The second-order valence-corrected chi connectivity index (χ2v) is 4.53. The van der Waals surface area contributed by atoms with Crippen LogP contribution in [0.3, 0.4) is 0 Å². The molecule has 0 aliphatic carbocycles. The van der Waals surface area contributed by atoms with Crippen molar-refractivity contribution in [1.82, 2.24) is 9.19 Å². The largest absolute Gasteiger partial charge is 0.289 e. The van der Waals surface area contributed by atoms with Gasteiger partial charge in [-0.05, 0) is 38.5 Å². The molecule has 0 radical (unpaired) electrons. The summed E-state index contributed by atoms with van der Waals surface area (Å²) in [5.41, 5.74) is 2.22. The van der Waals surface area contributed by atoms with Crippen LogP contribution in [0.5, 0.6) is 0 Å². The minimum atomic E-state index is 0.418. The molecule has 2 unspecified atom stereocenters. The Morgan fingerprint density at radius 2 is 2.29 bits per heavy atom. The first-order valence-electron chi connectivity index (χ1n) is 4.96. The predicted molar refractivity (Wildman–Crippen MR) is 61.2 cm³/mol. The van der Waals surface area contributed by atoms with Crippen LogP contribution < -0.4 is 0 Å². The minimum absolute atomic E-state index is 0.418. The summed E-state index contributed by atoms with van der Waals surface area (Å²) in [6, 6.07) is 0.418. The van der Waals surface area contributed by atoms with Crippen molar-refractivity contribution >= 4 is 19.0 Å². The molecule has 0 fully saturated rings. The molecule has 0 saturated heterocycles. The van der Waals surface area contributed by atoms with Crippen molar-refractivity contribution in [3.8, 4) is 0 Å². The van der Waals surface area contributed by atoms with Crippen LogP contribution in [0.1, 0.15) is 31.5 Å². The Labute approximate surface area is 89.8 Å². The van der Waals surface area contributed by atoms with Gasteiger partial charge < -0.3 is 0 Å². The third-order valence-corrected chi connectivity index (χ3v) is 2.77. The number of fused-ring (bicyclic) bond motifs is 1. The van der Waals surface area contributed by atoms with Crippen molar-refractivity contribution in [2.24, 2.45) is 10.9 Å². The Morgan fingerprint density at radius 1 is 1.50 bits per heavy atom. The Bertz CT molecular complexity index is 356. The standard InChI is InChI=1S/C10H15N3S/c1-7-3-8(2)11-5-9-6-13(14)12-10(9)4-7/h5-8,14H,3-4H2,1-2H3. The number of rotatable bonds is 0. The maximum absolute atomic E-state index is 4.48. The van der Waals surface area contributed by atoms with Gasteiger partial charge in [0, 0.05) is 24.0 Å². The van der Waals surface area contributed by atoms with Crippen molar-refractivity contribution in [2.45, 2.75) is 32.7 Å². The van der Waals surface area contributed by atoms with E-state index in [-0.39, 0.29) is 0 Å². The third-order valence-electron chi connectivity index (χ3n) is 2.56. The fourth-order valence-electron chi connectivity index (χ4n) is 1.94. The second kappa shape index (κ2) is 3.77. The average molecular weight is 209 g/mol. The number of aromatic nitrogens is 2.